The van der Waals surface area contributed by atoms with E-state index >= 15 is 0 Å². The summed E-state index contributed by atoms with van der Waals surface area (Å²) >= 11 is 1.76. The molecule has 7 heteroatoms. The molecule has 1 saturated heterocycles. The van der Waals surface area contributed by atoms with Gasteiger partial charge in [-0.05, 0) is 30.9 Å². The SMILES string of the molecule is CCc1cnc(CNC(=NC)NCC2CCN(c3ccccc3)C2)s1.I. The molecule has 3 rings (SSSR count). The lowest BCUT2D eigenvalue weighted by Crippen LogP contribution is -2.39. The number of halogens is 1. The van der Waals surface area contributed by atoms with Crippen molar-refractivity contribution >= 4 is 47.0 Å². The van der Waals surface area contributed by atoms with Crippen molar-refractivity contribution in [2.45, 2.75) is 26.3 Å². The minimum atomic E-state index is 0. The standard InChI is InChI=1S/C19H27N5S.HI/c1-3-17-12-21-18(25-17)13-23-19(20-2)22-11-15-9-10-24(14-15)16-7-5-4-6-8-16;/h4-8,12,15H,3,9-11,13-14H2,1-2H3,(H2,20,22,23);1H. The predicted molar refractivity (Wildman–Crippen MR) is 122 cm³/mol. The molecule has 1 aliphatic heterocycles. The van der Waals surface area contributed by atoms with Crippen molar-refractivity contribution in [2.75, 3.05) is 31.6 Å². The minimum Gasteiger partial charge on any atom is -0.371 e. The molecule has 26 heavy (non-hydrogen) atoms. The first-order chi connectivity index (χ1) is 12.3. The molecule has 0 radical (unpaired) electrons. The molecule has 0 spiro atoms. The van der Waals surface area contributed by atoms with Gasteiger partial charge in [0.25, 0.3) is 0 Å². The van der Waals surface area contributed by atoms with E-state index in [1.807, 2.05) is 13.2 Å². The lowest BCUT2D eigenvalue weighted by Gasteiger charge is -2.19. The molecule has 0 bridgehead atoms. The number of aliphatic imine (C=N–C) groups is 1. The second-order valence-corrected chi connectivity index (χ2v) is 7.52. The summed E-state index contributed by atoms with van der Waals surface area (Å²) in [5.74, 6) is 1.50. The molecule has 1 aromatic carbocycles. The van der Waals surface area contributed by atoms with E-state index in [1.165, 1.54) is 17.0 Å². The topological polar surface area (TPSA) is 52.6 Å². The number of nitrogens with zero attached hydrogens (tertiary/aromatic N) is 3. The van der Waals surface area contributed by atoms with E-state index in [0.717, 1.165) is 43.6 Å². The van der Waals surface area contributed by atoms with Gasteiger partial charge in [-0.25, -0.2) is 4.98 Å². The summed E-state index contributed by atoms with van der Waals surface area (Å²) in [7, 11) is 1.82. The van der Waals surface area contributed by atoms with E-state index < -0.39 is 0 Å². The van der Waals surface area contributed by atoms with Crippen LogP contribution in [0.25, 0.3) is 0 Å². The third-order valence-electron chi connectivity index (χ3n) is 4.55. The molecule has 2 N–H and O–H groups in total. The van der Waals surface area contributed by atoms with Gasteiger partial charge in [0.05, 0.1) is 6.54 Å². The van der Waals surface area contributed by atoms with Gasteiger partial charge in [0, 0.05) is 43.4 Å². The number of para-hydroxylation sites is 1. The van der Waals surface area contributed by atoms with Gasteiger partial charge in [0.1, 0.15) is 5.01 Å². The number of hydrogen-bond acceptors (Lipinski definition) is 4. The number of nitrogens with one attached hydrogen (secondary N) is 2. The maximum absolute atomic E-state index is 4.44. The van der Waals surface area contributed by atoms with Crippen molar-refractivity contribution in [3.63, 3.8) is 0 Å². The number of thiazole rings is 1. The maximum Gasteiger partial charge on any atom is 0.191 e. The Labute approximate surface area is 177 Å². The monoisotopic (exact) mass is 485 g/mol. The van der Waals surface area contributed by atoms with Crippen molar-refractivity contribution in [1.29, 1.82) is 0 Å². The average molecular weight is 485 g/mol. The highest BCUT2D eigenvalue weighted by atomic mass is 127. The third kappa shape index (κ3) is 5.84. The highest BCUT2D eigenvalue weighted by molar-refractivity contribution is 14.0. The maximum atomic E-state index is 4.44. The molecule has 1 atom stereocenters. The number of hydrogen-bond donors (Lipinski definition) is 2. The molecule has 1 aromatic heterocycles. The average Bonchev–Trinajstić information content (AvgIpc) is 3.32. The molecule has 2 heterocycles. The number of guanidine groups is 1. The van der Waals surface area contributed by atoms with Crippen molar-refractivity contribution in [3.05, 3.63) is 46.4 Å². The zero-order chi connectivity index (χ0) is 17.5. The molecule has 0 amide bonds. The Kier molecular flexibility index (Phi) is 8.64. The van der Waals surface area contributed by atoms with Gasteiger partial charge < -0.3 is 15.5 Å². The summed E-state index contributed by atoms with van der Waals surface area (Å²) in [5, 5.41) is 7.93. The van der Waals surface area contributed by atoms with Gasteiger partial charge in [-0.3, -0.25) is 4.99 Å². The number of aryl methyl sites for hydroxylation is 1. The summed E-state index contributed by atoms with van der Waals surface area (Å²) in [6.45, 7) is 6.05. The van der Waals surface area contributed by atoms with E-state index in [-0.39, 0.29) is 24.0 Å². The number of anilines is 1. The first-order valence-corrected chi connectivity index (χ1v) is 9.78. The summed E-state index contributed by atoms with van der Waals surface area (Å²) < 4.78 is 0. The summed E-state index contributed by atoms with van der Waals surface area (Å²) in [5.41, 5.74) is 1.32. The Morgan fingerprint density at radius 2 is 2.12 bits per heavy atom. The molecular weight excluding hydrogens is 457 g/mol. The molecule has 0 aliphatic carbocycles. The van der Waals surface area contributed by atoms with E-state index in [0.29, 0.717) is 5.92 Å². The van der Waals surface area contributed by atoms with Crippen LogP contribution in [0.2, 0.25) is 0 Å². The molecule has 0 saturated carbocycles. The fourth-order valence-electron chi connectivity index (χ4n) is 3.09. The number of rotatable bonds is 6. The first-order valence-electron chi connectivity index (χ1n) is 8.96. The fourth-order valence-corrected chi connectivity index (χ4v) is 3.89. The van der Waals surface area contributed by atoms with Gasteiger partial charge in [-0.15, -0.1) is 35.3 Å². The highest BCUT2D eigenvalue weighted by Crippen LogP contribution is 2.22. The summed E-state index contributed by atoms with van der Waals surface area (Å²) in [6.07, 6.45) is 4.23. The molecule has 5 nitrogen and oxygen atoms in total. The summed E-state index contributed by atoms with van der Waals surface area (Å²) in [4.78, 5) is 12.6. The Balaban J connectivity index is 0.00000243. The van der Waals surface area contributed by atoms with Crippen molar-refractivity contribution in [3.8, 4) is 0 Å². The fraction of sp³-hybridized carbons (Fsp3) is 0.474. The van der Waals surface area contributed by atoms with Crippen LogP contribution >= 0.6 is 35.3 Å². The van der Waals surface area contributed by atoms with Gasteiger partial charge in [0.15, 0.2) is 5.96 Å². The normalized spacial score (nSPS) is 17.1. The van der Waals surface area contributed by atoms with Crippen molar-refractivity contribution in [1.82, 2.24) is 15.6 Å². The van der Waals surface area contributed by atoms with Gasteiger partial charge >= 0.3 is 0 Å². The smallest absolute Gasteiger partial charge is 0.191 e. The summed E-state index contributed by atoms with van der Waals surface area (Å²) in [6, 6.07) is 10.7. The zero-order valence-corrected chi connectivity index (χ0v) is 18.6. The quantitative estimate of drug-likeness (QED) is 0.374. The van der Waals surface area contributed by atoms with Crippen LogP contribution in [0.3, 0.4) is 0 Å². The Morgan fingerprint density at radius 3 is 2.81 bits per heavy atom. The number of benzene rings is 1. The minimum absolute atomic E-state index is 0. The van der Waals surface area contributed by atoms with Crippen molar-refractivity contribution < 1.29 is 0 Å². The van der Waals surface area contributed by atoms with Gasteiger partial charge in [-0.1, -0.05) is 25.1 Å². The van der Waals surface area contributed by atoms with Crippen LogP contribution in [-0.2, 0) is 13.0 Å². The highest BCUT2D eigenvalue weighted by Gasteiger charge is 2.22. The third-order valence-corrected chi connectivity index (χ3v) is 5.69. The van der Waals surface area contributed by atoms with Gasteiger partial charge in [0.2, 0.25) is 0 Å². The van der Waals surface area contributed by atoms with E-state index in [1.54, 1.807) is 11.3 Å². The first kappa shape index (κ1) is 21.0. The lowest BCUT2D eigenvalue weighted by atomic mass is 10.1. The van der Waals surface area contributed by atoms with E-state index in [4.69, 9.17) is 0 Å². The molecular formula is C19H28IN5S. The zero-order valence-electron chi connectivity index (χ0n) is 15.4. The van der Waals surface area contributed by atoms with Crippen LogP contribution < -0.4 is 15.5 Å². The molecule has 1 aliphatic rings. The molecule has 142 valence electrons. The second kappa shape index (κ2) is 10.7. The molecule has 2 aromatic rings. The Hall–Kier alpha value is -1.35. The Bertz CT molecular complexity index is 688. The van der Waals surface area contributed by atoms with E-state index in [2.05, 4.69) is 62.8 Å². The van der Waals surface area contributed by atoms with Gasteiger partial charge in [-0.2, -0.15) is 0 Å². The van der Waals surface area contributed by atoms with Crippen LogP contribution in [0.5, 0.6) is 0 Å². The second-order valence-electron chi connectivity index (χ2n) is 6.32. The Morgan fingerprint density at radius 1 is 1.31 bits per heavy atom. The van der Waals surface area contributed by atoms with Crippen LogP contribution in [0.4, 0.5) is 5.69 Å². The predicted octanol–water partition coefficient (Wildman–Crippen LogP) is 3.52. The van der Waals surface area contributed by atoms with Crippen molar-refractivity contribution in [2.24, 2.45) is 10.9 Å². The van der Waals surface area contributed by atoms with Crippen LogP contribution in [-0.4, -0.2) is 37.6 Å². The van der Waals surface area contributed by atoms with Crippen LogP contribution in [0.15, 0.2) is 41.5 Å². The number of aromatic nitrogens is 1. The molecule has 1 unspecified atom stereocenters. The molecule has 1 fully saturated rings. The largest absolute Gasteiger partial charge is 0.371 e. The lowest BCUT2D eigenvalue weighted by molar-refractivity contribution is 0.565. The van der Waals surface area contributed by atoms with E-state index in [9.17, 15) is 0 Å². The van der Waals surface area contributed by atoms with Crippen LogP contribution in [0.1, 0.15) is 23.2 Å². The van der Waals surface area contributed by atoms with Crippen LogP contribution in [0, 0.1) is 5.92 Å².